The third-order valence-corrected chi connectivity index (χ3v) is 7.03. The maximum atomic E-state index is 13.1. The van der Waals surface area contributed by atoms with Crippen LogP contribution in [0, 0.1) is 5.92 Å². The van der Waals surface area contributed by atoms with Crippen LogP contribution in [0.2, 0.25) is 0 Å². The van der Waals surface area contributed by atoms with Crippen LogP contribution in [0.25, 0.3) is 10.8 Å². The first-order valence-electron chi connectivity index (χ1n) is 9.25. The van der Waals surface area contributed by atoms with E-state index in [1.165, 1.54) is 4.31 Å². The first-order valence-corrected chi connectivity index (χ1v) is 10.7. The van der Waals surface area contributed by atoms with Crippen molar-refractivity contribution >= 4 is 26.7 Å². The van der Waals surface area contributed by atoms with Crippen molar-refractivity contribution in [1.29, 1.82) is 0 Å². The predicted octanol–water partition coefficient (Wildman–Crippen LogP) is 3.11. The van der Waals surface area contributed by atoms with E-state index in [0.717, 1.165) is 17.2 Å². The van der Waals surface area contributed by atoms with E-state index in [4.69, 9.17) is 0 Å². The minimum absolute atomic E-state index is 0.0633. The van der Waals surface area contributed by atoms with Crippen LogP contribution >= 0.6 is 0 Å². The van der Waals surface area contributed by atoms with E-state index in [1.54, 1.807) is 17.0 Å². The lowest BCUT2D eigenvalue weighted by Crippen LogP contribution is -2.46. The van der Waals surface area contributed by atoms with Gasteiger partial charge >= 0.3 is 0 Å². The number of piperidine rings is 1. The second kappa shape index (κ2) is 7.76. The fourth-order valence-corrected chi connectivity index (χ4v) is 5.19. The average molecular weight is 375 g/mol. The molecule has 1 aliphatic heterocycles. The summed E-state index contributed by atoms with van der Waals surface area (Å²) in [6.45, 7) is 5.95. The molecule has 0 unspecified atom stereocenters. The summed E-state index contributed by atoms with van der Waals surface area (Å²) in [5, 5.41) is 1.92. The molecule has 1 saturated heterocycles. The topological polar surface area (TPSA) is 57.7 Å². The summed E-state index contributed by atoms with van der Waals surface area (Å²) in [5.74, 6) is -0.188. The minimum atomic E-state index is -3.60. The van der Waals surface area contributed by atoms with Crippen LogP contribution in [0.5, 0.6) is 0 Å². The molecule has 1 fully saturated rings. The lowest BCUT2D eigenvalue weighted by Gasteiger charge is -2.33. The summed E-state index contributed by atoms with van der Waals surface area (Å²) in [7, 11) is -3.60. The van der Waals surface area contributed by atoms with Crippen molar-refractivity contribution in [3.63, 3.8) is 0 Å². The summed E-state index contributed by atoms with van der Waals surface area (Å²) in [6, 6.07) is 12.9. The van der Waals surface area contributed by atoms with Crippen LogP contribution in [-0.2, 0) is 14.8 Å². The largest absolute Gasteiger partial charge is 0.343 e. The van der Waals surface area contributed by atoms with Gasteiger partial charge in [0.25, 0.3) is 0 Å². The molecule has 2 aromatic rings. The smallest absolute Gasteiger partial charge is 0.243 e. The van der Waals surface area contributed by atoms with Crippen molar-refractivity contribution in [2.45, 2.75) is 31.6 Å². The Morgan fingerprint density at radius 3 is 2.50 bits per heavy atom. The van der Waals surface area contributed by atoms with Crippen LogP contribution in [-0.4, -0.2) is 49.7 Å². The fourth-order valence-electron chi connectivity index (χ4n) is 3.63. The van der Waals surface area contributed by atoms with Gasteiger partial charge in [0, 0.05) is 26.2 Å². The molecular weight excluding hydrogens is 348 g/mol. The molecule has 140 valence electrons. The molecule has 0 radical (unpaired) electrons. The quantitative estimate of drug-likeness (QED) is 0.808. The van der Waals surface area contributed by atoms with Crippen LogP contribution < -0.4 is 0 Å². The molecule has 0 bridgehead atoms. The minimum Gasteiger partial charge on any atom is -0.343 e. The van der Waals surface area contributed by atoms with Crippen molar-refractivity contribution in [3.8, 4) is 0 Å². The molecule has 0 N–H and O–H groups in total. The van der Waals surface area contributed by atoms with Crippen molar-refractivity contribution in [1.82, 2.24) is 9.21 Å². The van der Waals surface area contributed by atoms with E-state index in [9.17, 15) is 13.2 Å². The second-order valence-corrected chi connectivity index (χ2v) is 8.66. The highest BCUT2D eigenvalue weighted by molar-refractivity contribution is 7.89. The Balaban J connectivity index is 1.85. The molecule has 1 aliphatic rings. The Bertz CT molecular complexity index is 891. The molecule has 5 nitrogen and oxygen atoms in total. The molecule has 3 rings (SSSR count). The summed E-state index contributed by atoms with van der Waals surface area (Å²) in [4.78, 5) is 14.7. The fraction of sp³-hybridized carbons (Fsp3) is 0.450. The van der Waals surface area contributed by atoms with Gasteiger partial charge in [-0.05, 0) is 49.6 Å². The van der Waals surface area contributed by atoms with Gasteiger partial charge in [-0.25, -0.2) is 8.42 Å². The zero-order valence-electron chi connectivity index (χ0n) is 15.4. The number of carbonyl (C=O) groups is 1. The van der Waals surface area contributed by atoms with Crippen LogP contribution in [0.15, 0.2) is 47.4 Å². The number of hydrogen-bond acceptors (Lipinski definition) is 3. The second-order valence-electron chi connectivity index (χ2n) is 6.72. The van der Waals surface area contributed by atoms with Gasteiger partial charge in [0.2, 0.25) is 15.9 Å². The zero-order chi connectivity index (χ0) is 18.7. The van der Waals surface area contributed by atoms with Crippen LogP contribution in [0.1, 0.15) is 26.7 Å². The van der Waals surface area contributed by atoms with Crippen molar-refractivity contribution in [2.24, 2.45) is 5.92 Å². The molecule has 1 atom stereocenters. The highest BCUT2D eigenvalue weighted by Crippen LogP contribution is 2.27. The number of sulfonamides is 1. The monoisotopic (exact) mass is 374 g/mol. The van der Waals surface area contributed by atoms with Gasteiger partial charge in [-0.15, -0.1) is 0 Å². The number of fused-ring (bicyclic) bond motifs is 1. The van der Waals surface area contributed by atoms with Crippen LogP contribution in [0.3, 0.4) is 0 Å². The van der Waals surface area contributed by atoms with Crippen molar-refractivity contribution in [3.05, 3.63) is 42.5 Å². The molecule has 2 aromatic carbocycles. The normalized spacial score (nSPS) is 18.8. The Kier molecular flexibility index (Phi) is 5.63. The Morgan fingerprint density at radius 2 is 1.81 bits per heavy atom. The molecule has 26 heavy (non-hydrogen) atoms. The van der Waals surface area contributed by atoms with Crippen LogP contribution in [0.4, 0.5) is 0 Å². The molecule has 0 aliphatic carbocycles. The Hall–Kier alpha value is -1.92. The maximum absolute atomic E-state index is 13.1. The highest BCUT2D eigenvalue weighted by atomic mass is 32.2. The summed E-state index contributed by atoms with van der Waals surface area (Å²) in [5.41, 5.74) is 0. The average Bonchev–Trinajstić information content (AvgIpc) is 2.68. The summed E-state index contributed by atoms with van der Waals surface area (Å²) >= 11 is 0. The third-order valence-electron chi connectivity index (χ3n) is 5.17. The van der Waals surface area contributed by atoms with E-state index in [0.29, 0.717) is 31.0 Å². The van der Waals surface area contributed by atoms with Gasteiger partial charge in [-0.2, -0.15) is 4.31 Å². The molecule has 6 heteroatoms. The van der Waals surface area contributed by atoms with Gasteiger partial charge in [0.05, 0.1) is 10.8 Å². The molecule has 0 saturated carbocycles. The molecule has 1 heterocycles. The SMILES string of the molecule is CCN(CC)C(=O)[C@H]1CCCN(S(=O)(=O)c2ccc3ccccc3c2)C1. The van der Waals surface area contributed by atoms with Gasteiger partial charge in [0.15, 0.2) is 0 Å². The van der Waals surface area contributed by atoms with Crippen molar-refractivity contribution in [2.75, 3.05) is 26.2 Å². The molecule has 0 spiro atoms. The molecular formula is C20H26N2O3S. The first kappa shape index (κ1) is 18.9. The van der Waals surface area contributed by atoms with Gasteiger partial charge in [-0.1, -0.05) is 30.3 Å². The summed E-state index contributed by atoms with van der Waals surface area (Å²) < 4.78 is 27.7. The van der Waals surface area contributed by atoms with E-state index in [2.05, 4.69) is 0 Å². The molecule has 1 amide bonds. The number of hydrogen-bond donors (Lipinski definition) is 0. The lowest BCUT2D eigenvalue weighted by molar-refractivity contribution is -0.136. The number of nitrogens with zero attached hydrogens (tertiary/aromatic N) is 2. The number of rotatable bonds is 5. The number of amides is 1. The first-order chi connectivity index (χ1) is 12.5. The van der Waals surface area contributed by atoms with E-state index in [-0.39, 0.29) is 18.4 Å². The number of benzene rings is 2. The third kappa shape index (κ3) is 3.62. The highest BCUT2D eigenvalue weighted by Gasteiger charge is 2.34. The standard InChI is InChI=1S/C20H26N2O3S/c1-3-21(4-2)20(23)18-10-7-13-22(15-18)26(24,25)19-12-11-16-8-5-6-9-17(16)14-19/h5-6,8-9,11-12,14,18H,3-4,7,10,13,15H2,1-2H3/t18-/m0/s1. The van der Waals surface area contributed by atoms with Gasteiger partial charge < -0.3 is 4.90 Å². The van der Waals surface area contributed by atoms with Gasteiger partial charge in [0.1, 0.15) is 0 Å². The van der Waals surface area contributed by atoms with Crippen molar-refractivity contribution < 1.29 is 13.2 Å². The Morgan fingerprint density at radius 1 is 1.12 bits per heavy atom. The van der Waals surface area contributed by atoms with E-state index < -0.39 is 10.0 Å². The van der Waals surface area contributed by atoms with E-state index in [1.807, 2.05) is 44.2 Å². The van der Waals surface area contributed by atoms with Gasteiger partial charge in [-0.3, -0.25) is 4.79 Å². The predicted molar refractivity (Wildman–Crippen MR) is 103 cm³/mol. The molecule has 0 aromatic heterocycles. The number of carbonyl (C=O) groups excluding carboxylic acids is 1. The Labute approximate surface area is 155 Å². The summed E-state index contributed by atoms with van der Waals surface area (Å²) in [6.07, 6.45) is 1.46. The lowest BCUT2D eigenvalue weighted by atomic mass is 9.98. The van der Waals surface area contributed by atoms with E-state index >= 15 is 0 Å². The zero-order valence-corrected chi connectivity index (χ0v) is 16.2. The maximum Gasteiger partial charge on any atom is 0.243 e.